The molecule has 8 heteroatoms. The zero-order valence-electron chi connectivity index (χ0n) is 15.0. The Morgan fingerprint density at radius 1 is 1.15 bits per heavy atom. The van der Waals surface area contributed by atoms with Gasteiger partial charge >= 0.3 is 5.97 Å². The van der Waals surface area contributed by atoms with Gasteiger partial charge in [0, 0.05) is 13.6 Å². The average Bonchev–Trinajstić information content (AvgIpc) is 2.66. The molecule has 0 aliphatic carbocycles. The van der Waals surface area contributed by atoms with Crippen LogP contribution in [0.15, 0.2) is 42.5 Å². The second-order valence-corrected chi connectivity index (χ2v) is 5.68. The Morgan fingerprint density at radius 2 is 1.81 bits per heavy atom. The molecule has 0 aliphatic heterocycles. The number of carboxylic acids is 1. The van der Waals surface area contributed by atoms with E-state index in [1.54, 1.807) is 6.92 Å². The van der Waals surface area contributed by atoms with Crippen LogP contribution in [0.5, 0.6) is 5.75 Å². The molecular weight excluding hydrogens is 350 g/mol. The average molecular weight is 371 g/mol. The molecule has 0 spiro atoms. The van der Waals surface area contributed by atoms with Gasteiger partial charge in [0.05, 0.1) is 17.8 Å². The Balaban J connectivity index is 2.57. The van der Waals surface area contributed by atoms with Gasteiger partial charge < -0.3 is 19.9 Å². The van der Waals surface area contributed by atoms with Crippen LogP contribution in [0.4, 0.5) is 17.1 Å². The fourth-order valence-corrected chi connectivity index (χ4v) is 2.58. The van der Waals surface area contributed by atoms with Crippen molar-refractivity contribution >= 4 is 35.2 Å². The van der Waals surface area contributed by atoms with Crippen LogP contribution in [0.1, 0.15) is 23.7 Å². The molecule has 0 heterocycles. The van der Waals surface area contributed by atoms with E-state index in [-0.39, 0.29) is 23.4 Å². The lowest BCUT2D eigenvalue weighted by atomic mass is 10.1. The number of hydrazine groups is 1. The molecule has 142 valence electrons. The first-order valence-electron chi connectivity index (χ1n) is 8.29. The Hall–Kier alpha value is -3.55. The Labute approximate surface area is 156 Å². The maximum atomic E-state index is 12.2. The number of benzene rings is 2. The van der Waals surface area contributed by atoms with Crippen LogP contribution in [0.25, 0.3) is 0 Å². The highest BCUT2D eigenvalue weighted by Gasteiger charge is 2.25. The molecule has 0 saturated heterocycles. The lowest BCUT2D eigenvalue weighted by molar-refractivity contribution is -0.121. The number of amides is 1. The maximum absolute atomic E-state index is 12.2. The van der Waals surface area contributed by atoms with E-state index in [0.29, 0.717) is 18.5 Å². The van der Waals surface area contributed by atoms with Gasteiger partial charge in [0.25, 0.3) is 0 Å². The number of para-hydroxylation sites is 1. The highest BCUT2D eigenvalue weighted by atomic mass is 16.4. The molecule has 0 unspecified atom stereocenters. The lowest BCUT2D eigenvalue weighted by Gasteiger charge is -2.31. The first-order chi connectivity index (χ1) is 12.9. The number of aromatic hydroxyl groups is 1. The van der Waals surface area contributed by atoms with Gasteiger partial charge in [0.1, 0.15) is 17.5 Å². The molecule has 0 aromatic heterocycles. The number of anilines is 3. The number of nitrogens with one attached hydrogen (secondary N) is 1. The third-order valence-corrected chi connectivity index (χ3v) is 3.98. The number of carbonyl (C=O) groups excluding carboxylic acids is 2. The van der Waals surface area contributed by atoms with Crippen LogP contribution in [-0.2, 0) is 9.59 Å². The standard InChI is InChI=1S/C19H21N3O5/c1-3-22(20-13-7-5-4-6-8-13)17-15(21(2)16(24)11-12-23)10-9-14(18(17)25)19(26)27/h4-10,12,20,25H,3,11H2,1-2H3,(H,26,27). The van der Waals surface area contributed by atoms with Gasteiger partial charge in [-0.05, 0) is 31.2 Å². The smallest absolute Gasteiger partial charge is 0.339 e. The molecule has 2 aromatic rings. The fourth-order valence-electron chi connectivity index (χ4n) is 2.58. The van der Waals surface area contributed by atoms with Crippen molar-refractivity contribution in [3.63, 3.8) is 0 Å². The minimum atomic E-state index is -1.29. The van der Waals surface area contributed by atoms with Crippen molar-refractivity contribution in [3.8, 4) is 5.75 Å². The minimum absolute atomic E-state index is 0.128. The molecule has 0 aliphatic rings. The first kappa shape index (κ1) is 19.8. The summed E-state index contributed by atoms with van der Waals surface area (Å²) in [5, 5.41) is 21.5. The van der Waals surface area contributed by atoms with Gasteiger partial charge in [-0.15, -0.1) is 0 Å². The quantitative estimate of drug-likeness (QED) is 0.371. The monoisotopic (exact) mass is 371 g/mol. The highest BCUT2D eigenvalue weighted by Crippen LogP contribution is 2.40. The molecule has 0 fully saturated rings. The number of nitrogens with zero attached hydrogens (tertiary/aromatic N) is 2. The first-order valence-corrected chi connectivity index (χ1v) is 8.29. The summed E-state index contributed by atoms with van der Waals surface area (Å²) in [4.78, 5) is 35.5. The molecule has 0 saturated carbocycles. The summed E-state index contributed by atoms with van der Waals surface area (Å²) in [6.45, 7) is 2.16. The number of carbonyl (C=O) groups is 3. The van der Waals surface area contributed by atoms with E-state index in [4.69, 9.17) is 0 Å². The third-order valence-electron chi connectivity index (χ3n) is 3.98. The number of aromatic carboxylic acids is 1. The molecule has 8 nitrogen and oxygen atoms in total. The van der Waals surface area contributed by atoms with Gasteiger partial charge in [0.2, 0.25) is 5.91 Å². The van der Waals surface area contributed by atoms with E-state index in [2.05, 4.69) is 5.43 Å². The van der Waals surface area contributed by atoms with Crippen LogP contribution >= 0.6 is 0 Å². The second kappa shape index (κ2) is 8.70. The third kappa shape index (κ3) is 4.35. The zero-order valence-corrected chi connectivity index (χ0v) is 15.0. The SMILES string of the molecule is CCN(Nc1ccccc1)c1c(N(C)C(=O)CC=O)ccc(C(=O)O)c1O. The largest absolute Gasteiger partial charge is 0.505 e. The second-order valence-electron chi connectivity index (χ2n) is 5.68. The number of aldehydes is 1. The van der Waals surface area contributed by atoms with Crippen LogP contribution < -0.4 is 15.3 Å². The van der Waals surface area contributed by atoms with Crippen molar-refractivity contribution in [2.75, 3.05) is 28.9 Å². The normalized spacial score (nSPS) is 10.1. The summed E-state index contributed by atoms with van der Waals surface area (Å²) in [6, 6.07) is 11.8. The van der Waals surface area contributed by atoms with Crippen molar-refractivity contribution in [1.82, 2.24) is 0 Å². The Bertz CT molecular complexity index is 839. The molecule has 1 amide bonds. The lowest BCUT2D eigenvalue weighted by Crippen LogP contribution is -2.34. The Kier molecular flexibility index (Phi) is 6.37. The van der Waals surface area contributed by atoms with Gasteiger partial charge in [-0.25, -0.2) is 4.79 Å². The van der Waals surface area contributed by atoms with E-state index >= 15 is 0 Å². The number of hydrogen-bond acceptors (Lipinski definition) is 6. The summed E-state index contributed by atoms with van der Waals surface area (Å²) in [5.41, 5.74) is 3.91. The Morgan fingerprint density at radius 3 is 2.37 bits per heavy atom. The van der Waals surface area contributed by atoms with Crippen molar-refractivity contribution in [1.29, 1.82) is 0 Å². The molecule has 27 heavy (non-hydrogen) atoms. The predicted molar refractivity (Wildman–Crippen MR) is 102 cm³/mol. The van der Waals surface area contributed by atoms with E-state index < -0.39 is 17.6 Å². The molecule has 3 N–H and O–H groups in total. The zero-order chi connectivity index (χ0) is 20.0. The number of carboxylic acid groups (broad SMARTS) is 1. The van der Waals surface area contributed by atoms with E-state index in [1.165, 1.54) is 29.1 Å². The van der Waals surface area contributed by atoms with Gasteiger partial charge in [-0.3, -0.25) is 15.2 Å². The van der Waals surface area contributed by atoms with Crippen molar-refractivity contribution in [2.24, 2.45) is 0 Å². The van der Waals surface area contributed by atoms with E-state index in [0.717, 1.165) is 0 Å². The van der Waals surface area contributed by atoms with Crippen molar-refractivity contribution in [2.45, 2.75) is 13.3 Å². The van der Waals surface area contributed by atoms with Crippen molar-refractivity contribution in [3.05, 3.63) is 48.0 Å². The fraction of sp³-hybridized carbons (Fsp3) is 0.211. The maximum Gasteiger partial charge on any atom is 0.339 e. The molecule has 0 bridgehead atoms. The van der Waals surface area contributed by atoms with Gasteiger partial charge in [-0.2, -0.15) is 0 Å². The van der Waals surface area contributed by atoms with Crippen LogP contribution in [0, 0.1) is 0 Å². The summed E-state index contributed by atoms with van der Waals surface area (Å²) < 4.78 is 0. The molecule has 0 radical (unpaired) electrons. The van der Waals surface area contributed by atoms with E-state index in [9.17, 15) is 24.6 Å². The number of hydrogen-bond donors (Lipinski definition) is 3. The number of rotatable bonds is 8. The summed E-state index contributed by atoms with van der Waals surface area (Å²) in [5.74, 6) is -2.25. The predicted octanol–water partition coefficient (Wildman–Crippen LogP) is 2.50. The van der Waals surface area contributed by atoms with Crippen molar-refractivity contribution < 1.29 is 24.6 Å². The molecule has 2 rings (SSSR count). The topological polar surface area (TPSA) is 110 Å². The number of phenols is 1. The van der Waals surface area contributed by atoms with Gasteiger partial charge in [-0.1, -0.05) is 18.2 Å². The molecule has 0 atom stereocenters. The molecule has 2 aromatic carbocycles. The highest BCUT2D eigenvalue weighted by molar-refractivity contribution is 6.04. The summed E-state index contributed by atoms with van der Waals surface area (Å²) in [7, 11) is 1.46. The van der Waals surface area contributed by atoms with Gasteiger partial charge in [0.15, 0.2) is 5.75 Å². The summed E-state index contributed by atoms with van der Waals surface area (Å²) in [6.07, 6.45) is 0.166. The van der Waals surface area contributed by atoms with E-state index in [1.807, 2.05) is 30.3 Å². The molecular formula is C19H21N3O5. The van der Waals surface area contributed by atoms with Crippen LogP contribution in [-0.4, -0.2) is 42.0 Å². The summed E-state index contributed by atoms with van der Waals surface area (Å²) >= 11 is 0. The van der Waals surface area contributed by atoms with Crippen LogP contribution in [0.2, 0.25) is 0 Å². The minimum Gasteiger partial charge on any atom is -0.505 e. The van der Waals surface area contributed by atoms with Crippen LogP contribution in [0.3, 0.4) is 0 Å².